The molecule has 0 amide bonds. The molecule has 0 rings (SSSR count). The molecule has 0 aliphatic rings. The minimum Gasteiger partial charge on any atom is 0 e. The van der Waals surface area contributed by atoms with E-state index in [1.807, 2.05) is 0 Å². The van der Waals surface area contributed by atoms with Gasteiger partial charge in [0.2, 0.25) is 0 Å². The van der Waals surface area contributed by atoms with Crippen LogP contribution in [0.1, 0.15) is 0 Å². The summed E-state index contributed by atoms with van der Waals surface area (Å²) >= 11 is 0.750. The van der Waals surface area contributed by atoms with Gasteiger partial charge in [0.25, 0.3) is 0 Å². The van der Waals surface area contributed by atoms with E-state index in [-0.39, 0.29) is 70.4 Å². The summed E-state index contributed by atoms with van der Waals surface area (Å²) in [6, 6.07) is 0. The number of hydrogen-bond donors (Lipinski definition) is 0. The topological polar surface area (TPSA) is 17.1 Å². The Morgan fingerprint density at radius 1 is 1.25 bits per heavy atom. The molecule has 0 saturated heterocycles. The van der Waals surface area contributed by atoms with Crippen LogP contribution in [0.3, 0.4) is 0 Å². The molecule has 1 nitrogen and oxygen atoms in total. The van der Waals surface area contributed by atoms with Gasteiger partial charge in [0, 0.05) is 32.7 Å². The molecule has 1 radical (unpaired) electrons. The predicted octanol–water partition coefficient (Wildman–Crippen LogP) is -1.04. The van der Waals surface area contributed by atoms with Gasteiger partial charge in [0.1, 0.15) is 0 Å². The van der Waals surface area contributed by atoms with Crippen molar-refractivity contribution in [2.45, 2.75) is 0 Å². The maximum atomic E-state index is 8.25. The third kappa shape index (κ3) is 8.86. The predicted molar refractivity (Wildman–Crippen MR) is 9.23 cm³/mol. The van der Waals surface area contributed by atoms with Crippen molar-refractivity contribution in [2.75, 3.05) is 0 Å². The van der Waals surface area contributed by atoms with E-state index in [1.165, 1.54) is 0 Å². The van der Waals surface area contributed by atoms with E-state index in [9.17, 15) is 0 Å². The quantitative estimate of drug-likeness (QED) is 0.451. The van der Waals surface area contributed by atoms with Crippen molar-refractivity contribution in [1.29, 1.82) is 0 Å². The van der Waals surface area contributed by atoms with Gasteiger partial charge >= 0.3 is 61.5 Å². The number of rotatable bonds is 0. The molecule has 0 N–H and O–H groups in total. The van der Waals surface area contributed by atoms with Gasteiger partial charge < -0.3 is 0 Å². The standard InChI is InChI=1S/Ca.O.Ti.Y.2H. The Bertz CT molecular complexity index is 8.00. The van der Waals surface area contributed by atoms with Crippen molar-refractivity contribution in [3.05, 3.63) is 0 Å². The van der Waals surface area contributed by atoms with Crippen molar-refractivity contribution >= 4 is 37.7 Å². The van der Waals surface area contributed by atoms with Crippen molar-refractivity contribution < 1.29 is 56.4 Å². The molecule has 0 heterocycles. The molecule has 4 heavy (non-hydrogen) atoms. The van der Waals surface area contributed by atoms with Gasteiger partial charge in [-0.3, -0.25) is 0 Å². The first-order valence-electron chi connectivity index (χ1n) is 0.204. The second-order valence-corrected chi connectivity index (χ2v) is 0. The van der Waals surface area contributed by atoms with E-state index in [0.29, 0.717) is 0 Å². The van der Waals surface area contributed by atoms with Gasteiger partial charge in [0.05, 0.1) is 0 Å². The fourth-order valence-corrected chi connectivity index (χ4v) is 0. The van der Waals surface area contributed by atoms with E-state index in [2.05, 4.69) is 0 Å². The average Bonchev–Trinajstić information content (AvgIpc) is 1.00. The van der Waals surface area contributed by atoms with Crippen LogP contribution in [-0.4, -0.2) is 37.7 Å². The molecular formula is H2CaOTiY. The molecule has 17 valence electrons. The Morgan fingerprint density at radius 2 is 1.25 bits per heavy atom. The van der Waals surface area contributed by atoms with E-state index in [1.54, 1.807) is 0 Å². The zero-order valence-corrected chi connectivity index (χ0v) is 5.89. The largest absolute Gasteiger partial charge is 0 e. The van der Waals surface area contributed by atoms with Crippen LogP contribution in [0.5, 0.6) is 0 Å². The average molecular weight is 195 g/mol. The molecule has 4 heteroatoms. The van der Waals surface area contributed by atoms with Gasteiger partial charge in [-0.2, -0.15) is 0 Å². The second kappa shape index (κ2) is 16.9. The Morgan fingerprint density at radius 3 is 1.25 bits per heavy atom. The minimum atomic E-state index is 0. The third-order valence-electron chi connectivity index (χ3n) is 0. The fourth-order valence-electron chi connectivity index (χ4n) is 0. The summed E-state index contributed by atoms with van der Waals surface area (Å²) in [4.78, 5) is 0. The first kappa shape index (κ1) is 15.8. The normalized spacial score (nSPS) is 0.750. The Labute approximate surface area is 91.9 Å². The molecule has 0 saturated carbocycles. The summed E-state index contributed by atoms with van der Waals surface area (Å²) in [5.41, 5.74) is 0. The van der Waals surface area contributed by atoms with Crippen molar-refractivity contribution in [1.82, 2.24) is 0 Å². The molecule has 0 bridgehead atoms. The van der Waals surface area contributed by atoms with Crippen LogP contribution in [0.2, 0.25) is 0 Å². The van der Waals surface area contributed by atoms with E-state index >= 15 is 0 Å². The minimum absolute atomic E-state index is 0. The van der Waals surface area contributed by atoms with Crippen LogP contribution in [0.4, 0.5) is 0 Å². The van der Waals surface area contributed by atoms with Crippen LogP contribution >= 0.6 is 0 Å². The monoisotopic (exact) mass is 195 g/mol. The van der Waals surface area contributed by atoms with Crippen LogP contribution in [0.15, 0.2) is 0 Å². The summed E-state index contributed by atoms with van der Waals surface area (Å²) in [6.45, 7) is 0. The molecule has 0 atom stereocenters. The summed E-state index contributed by atoms with van der Waals surface area (Å²) in [6.07, 6.45) is 0. The van der Waals surface area contributed by atoms with Crippen LogP contribution in [0, 0.1) is 0 Å². The molecule has 0 aromatic rings. The first-order chi connectivity index (χ1) is 1.00. The van der Waals surface area contributed by atoms with E-state index < -0.39 is 0 Å². The van der Waals surface area contributed by atoms with Crippen molar-refractivity contribution in [3.8, 4) is 0 Å². The smallest absolute Gasteiger partial charge is 0 e. The van der Waals surface area contributed by atoms with Gasteiger partial charge in [-0.25, -0.2) is 0 Å². The van der Waals surface area contributed by atoms with Crippen LogP contribution in [0.25, 0.3) is 0 Å². The van der Waals surface area contributed by atoms with Gasteiger partial charge in [-0.1, -0.05) is 0 Å². The van der Waals surface area contributed by atoms with Gasteiger partial charge in [-0.05, 0) is 0 Å². The van der Waals surface area contributed by atoms with Crippen LogP contribution < -0.4 is 0 Å². The summed E-state index contributed by atoms with van der Waals surface area (Å²) in [7, 11) is 0. The Hall–Kier alpha value is 2.88. The maximum absolute atomic E-state index is 8.25. The maximum Gasteiger partial charge on any atom is 0 e. The zero-order chi connectivity index (χ0) is 2.00. The molecule has 0 aliphatic heterocycles. The van der Waals surface area contributed by atoms with E-state index in [0.717, 1.165) is 20.4 Å². The first-order valence-corrected chi connectivity index (χ1v) is 0.842. The summed E-state index contributed by atoms with van der Waals surface area (Å²) in [5.74, 6) is 0. The molecule has 0 spiro atoms. The van der Waals surface area contributed by atoms with Gasteiger partial charge in [-0.15, -0.1) is 0 Å². The Balaban J connectivity index is -0.00000000500. The number of hydrogen-bond acceptors (Lipinski definition) is 1. The molecule has 0 unspecified atom stereocenters. The fraction of sp³-hybridized carbons (Fsp3) is 0. The summed E-state index contributed by atoms with van der Waals surface area (Å²) < 4.78 is 8.25. The molecule has 0 aliphatic carbocycles. The SMILES string of the molecule is [CaH2].[O]=[Ti].[Y]. The van der Waals surface area contributed by atoms with Crippen LogP contribution in [-0.2, 0) is 56.4 Å². The van der Waals surface area contributed by atoms with Gasteiger partial charge in [0.15, 0.2) is 0 Å². The van der Waals surface area contributed by atoms with Crippen molar-refractivity contribution in [2.24, 2.45) is 0 Å². The van der Waals surface area contributed by atoms with E-state index in [4.69, 9.17) is 3.32 Å². The van der Waals surface area contributed by atoms with Crippen molar-refractivity contribution in [3.63, 3.8) is 0 Å². The Kier molecular flexibility index (Phi) is 66.7. The zero-order valence-electron chi connectivity index (χ0n) is 1.49. The summed E-state index contributed by atoms with van der Waals surface area (Å²) in [5, 5.41) is 0. The third-order valence-corrected chi connectivity index (χ3v) is 0. The molecule has 0 aromatic carbocycles. The molecule has 0 fully saturated rings. The second-order valence-electron chi connectivity index (χ2n) is 0. The molecule has 0 aromatic heterocycles. The molecular weight excluding hydrogens is 193 g/mol.